The zero-order valence-corrected chi connectivity index (χ0v) is 17.0. The van der Waals surface area contributed by atoms with Crippen LogP contribution in [-0.4, -0.2) is 56.8 Å². The van der Waals surface area contributed by atoms with E-state index in [0.29, 0.717) is 35.6 Å². The molecule has 2 aliphatic rings. The number of aliphatic imine (C=N–C) groups is 1. The maximum atomic E-state index is 12.3. The van der Waals surface area contributed by atoms with Crippen LogP contribution in [0.3, 0.4) is 0 Å². The third-order valence-electron chi connectivity index (χ3n) is 4.62. The molecule has 1 atom stereocenters. The lowest BCUT2D eigenvalue weighted by molar-refractivity contribution is -0.125. The number of cyclic esters (lactones) is 1. The van der Waals surface area contributed by atoms with Gasteiger partial charge in [0.15, 0.2) is 0 Å². The standard InChI is InChI=1S/C19H19ClN4O4S/c20-16-6-5-15(29-16)18(21)22-9-14-10-24(19(26)28-14)13-3-1-12(2-4-13)23-7-8-27-11-17(23)25/h1-6,14H,7-11H2,(H2,21,22). The van der Waals surface area contributed by atoms with Gasteiger partial charge in [-0.15, -0.1) is 11.3 Å². The van der Waals surface area contributed by atoms with Crippen LogP contribution in [0, 0.1) is 0 Å². The minimum absolute atomic E-state index is 0.0767. The van der Waals surface area contributed by atoms with Crippen LogP contribution in [-0.2, 0) is 14.3 Å². The van der Waals surface area contributed by atoms with Crippen LogP contribution in [0.2, 0.25) is 4.34 Å². The van der Waals surface area contributed by atoms with E-state index in [1.54, 1.807) is 34.1 Å². The predicted octanol–water partition coefficient (Wildman–Crippen LogP) is 2.50. The van der Waals surface area contributed by atoms with Crippen molar-refractivity contribution in [2.24, 2.45) is 10.7 Å². The Morgan fingerprint density at radius 2 is 1.90 bits per heavy atom. The lowest BCUT2D eigenvalue weighted by Crippen LogP contribution is -2.41. The summed E-state index contributed by atoms with van der Waals surface area (Å²) in [5.41, 5.74) is 7.45. The Kier molecular flexibility index (Phi) is 5.70. The molecule has 0 aliphatic carbocycles. The fourth-order valence-corrected chi connectivity index (χ4v) is 4.12. The molecule has 2 fully saturated rings. The second-order valence-corrected chi connectivity index (χ2v) is 8.28. The van der Waals surface area contributed by atoms with Gasteiger partial charge in [0.1, 0.15) is 18.5 Å². The largest absolute Gasteiger partial charge is 0.442 e. The van der Waals surface area contributed by atoms with Gasteiger partial charge in [-0.05, 0) is 36.4 Å². The zero-order chi connectivity index (χ0) is 20.4. The normalized spacial score (nSPS) is 20.3. The fraction of sp³-hybridized carbons (Fsp3) is 0.316. The number of halogens is 1. The van der Waals surface area contributed by atoms with E-state index in [0.717, 1.165) is 10.6 Å². The van der Waals surface area contributed by atoms with Crippen molar-refractivity contribution in [2.45, 2.75) is 6.10 Å². The average Bonchev–Trinajstić information content (AvgIpc) is 3.32. The molecule has 0 spiro atoms. The number of morpholine rings is 1. The molecule has 4 rings (SSSR count). The summed E-state index contributed by atoms with van der Waals surface area (Å²) < 4.78 is 11.2. The van der Waals surface area contributed by atoms with E-state index in [4.69, 9.17) is 26.8 Å². The number of carbonyl (C=O) groups excluding carboxylic acids is 2. The Labute approximate surface area is 176 Å². The SMILES string of the molecule is NC(=NCC1CN(c2ccc(N3CCOCC3=O)cc2)C(=O)O1)c1ccc(Cl)s1. The van der Waals surface area contributed by atoms with E-state index in [9.17, 15) is 9.59 Å². The van der Waals surface area contributed by atoms with Crippen LogP contribution < -0.4 is 15.5 Å². The first-order valence-corrected chi connectivity index (χ1v) is 10.2. The van der Waals surface area contributed by atoms with Crippen molar-refractivity contribution in [3.05, 3.63) is 45.6 Å². The van der Waals surface area contributed by atoms with Gasteiger partial charge in [0, 0.05) is 17.9 Å². The third kappa shape index (κ3) is 4.36. The van der Waals surface area contributed by atoms with Gasteiger partial charge in [0.25, 0.3) is 5.91 Å². The van der Waals surface area contributed by atoms with Gasteiger partial charge in [0.05, 0.1) is 28.9 Å². The van der Waals surface area contributed by atoms with Crippen LogP contribution in [0.15, 0.2) is 41.4 Å². The van der Waals surface area contributed by atoms with E-state index >= 15 is 0 Å². The molecule has 0 bridgehead atoms. The lowest BCUT2D eigenvalue weighted by atomic mass is 10.2. The quantitative estimate of drug-likeness (QED) is 0.576. The van der Waals surface area contributed by atoms with Gasteiger partial charge in [-0.3, -0.25) is 14.7 Å². The van der Waals surface area contributed by atoms with Crippen LogP contribution in [0.5, 0.6) is 0 Å². The Bertz CT molecular complexity index is 946. The van der Waals surface area contributed by atoms with E-state index in [-0.39, 0.29) is 19.1 Å². The molecule has 1 aromatic carbocycles. The first-order chi connectivity index (χ1) is 14.0. The van der Waals surface area contributed by atoms with E-state index in [1.807, 2.05) is 12.1 Å². The van der Waals surface area contributed by atoms with Crippen molar-refractivity contribution >= 4 is 52.1 Å². The highest BCUT2D eigenvalue weighted by Crippen LogP contribution is 2.26. The fourth-order valence-electron chi connectivity index (χ4n) is 3.16. The summed E-state index contributed by atoms with van der Waals surface area (Å²) >= 11 is 7.26. The summed E-state index contributed by atoms with van der Waals surface area (Å²) in [6.07, 6.45) is -0.824. The Morgan fingerprint density at radius 3 is 2.55 bits per heavy atom. The highest BCUT2D eigenvalue weighted by atomic mass is 35.5. The molecule has 2 aromatic rings. The van der Waals surface area contributed by atoms with Crippen molar-refractivity contribution in [3.8, 4) is 0 Å². The van der Waals surface area contributed by atoms with Gasteiger partial charge in [-0.25, -0.2) is 4.79 Å². The van der Waals surface area contributed by atoms with Crippen LogP contribution in [0.25, 0.3) is 0 Å². The van der Waals surface area contributed by atoms with E-state index < -0.39 is 12.2 Å². The molecule has 2 amide bonds. The van der Waals surface area contributed by atoms with Gasteiger partial charge >= 0.3 is 6.09 Å². The summed E-state index contributed by atoms with van der Waals surface area (Å²) in [5.74, 6) is 0.294. The second-order valence-electron chi connectivity index (χ2n) is 6.56. The number of amides is 2. The zero-order valence-electron chi connectivity index (χ0n) is 15.4. The van der Waals surface area contributed by atoms with Crippen molar-refractivity contribution in [2.75, 3.05) is 42.6 Å². The highest BCUT2D eigenvalue weighted by Gasteiger charge is 2.32. The maximum Gasteiger partial charge on any atom is 0.414 e. The Balaban J connectivity index is 1.39. The molecule has 1 unspecified atom stereocenters. The lowest BCUT2D eigenvalue weighted by Gasteiger charge is -2.27. The number of nitrogens with two attached hydrogens (primary N) is 1. The van der Waals surface area contributed by atoms with Crippen LogP contribution in [0.4, 0.5) is 16.2 Å². The van der Waals surface area contributed by atoms with Gasteiger partial charge < -0.3 is 20.1 Å². The predicted molar refractivity (Wildman–Crippen MR) is 112 cm³/mol. The number of hydrogen-bond donors (Lipinski definition) is 1. The smallest absolute Gasteiger partial charge is 0.414 e. The molecule has 152 valence electrons. The number of amidine groups is 1. The van der Waals surface area contributed by atoms with Crippen molar-refractivity contribution in [1.29, 1.82) is 0 Å². The molecule has 0 radical (unpaired) electrons. The second kappa shape index (κ2) is 8.40. The molecule has 29 heavy (non-hydrogen) atoms. The number of ether oxygens (including phenoxy) is 2. The molecular weight excluding hydrogens is 416 g/mol. The molecular formula is C19H19ClN4O4S. The minimum Gasteiger partial charge on any atom is -0.442 e. The number of nitrogens with zero attached hydrogens (tertiary/aromatic N) is 3. The summed E-state index contributed by atoms with van der Waals surface area (Å²) in [7, 11) is 0. The number of carbonyl (C=O) groups is 2. The molecule has 3 heterocycles. The number of anilines is 2. The highest BCUT2D eigenvalue weighted by molar-refractivity contribution is 7.18. The van der Waals surface area contributed by atoms with Crippen molar-refractivity contribution in [1.82, 2.24) is 0 Å². The molecule has 8 nitrogen and oxygen atoms in total. The molecule has 2 saturated heterocycles. The third-order valence-corrected chi connectivity index (χ3v) is 5.88. The molecule has 2 aliphatic heterocycles. The topological polar surface area (TPSA) is 97.5 Å². The summed E-state index contributed by atoms with van der Waals surface area (Å²) in [5, 5.41) is 0. The number of benzene rings is 1. The van der Waals surface area contributed by atoms with Crippen molar-refractivity contribution in [3.63, 3.8) is 0 Å². The number of thiophene rings is 1. The minimum atomic E-state index is -0.432. The molecule has 10 heteroatoms. The maximum absolute atomic E-state index is 12.3. The van der Waals surface area contributed by atoms with Crippen molar-refractivity contribution < 1.29 is 19.1 Å². The van der Waals surface area contributed by atoms with E-state index in [1.165, 1.54) is 11.3 Å². The van der Waals surface area contributed by atoms with Crippen LogP contribution in [0.1, 0.15) is 4.88 Å². The number of hydrogen-bond acceptors (Lipinski definition) is 6. The van der Waals surface area contributed by atoms with Gasteiger partial charge in [-0.2, -0.15) is 0 Å². The molecule has 0 saturated carbocycles. The first kappa shape index (κ1) is 19.7. The van der Waals surface area contributed by atoms with E-state index in [2.05, 4.69) is 4.99 Å². The van der Waals surface area contributed by atoms with Crippen LogP contribution >= 0.6 is 22.9 Å². The van der Waals surface area contributed by atoms with Gasteiger partial charge in [-0.1, -0.05) is 11.6 Å². The summed E-state index contributed by atoms with van der Waals surface area (Å²) in [4.78, 5) is 32.5. The summed E-state index contributed by atoms with van der Waals surface area (Å²) in [6, 6.07) is 10.8. The average molecular weight is 435 g/mol. The monoisotopic (exact) mass is 434 g/mol. The first-order valence-electron chi connectivity index (χ1n) is 9.03. The molecule has 1 aromatic heterocycles. The Morgan fingerprint density at radius 1 is 1.17 bits per heavy atom. The number of rotatable bonds is 5. The Hall–Kier alpha value is -2.62. The summed E-state index contributed by atoms with van der Waals surface area (Å²) in [6.45, 7) is 1.75. The molecule has 2 N–H and O–H groups in total. The van der Waals surface area contributed by atoms with Gasteiger partial charge in [0.2, 0.25) is 0 Å².